The molecule has 2 N–H and O–H groups in total. The Morgan fingerprint density at radius 1 is 1.35 bits per heavy atom. The Bertz CT molecular complexity index is 410. The molecule has 1 amide bonds. The number of aromatic nitrogens is 1. The summed E-state index contributed by atoms with van der Waals surface area (Å²) >= 11 is 0. The van der Waals surface area contributed by atoms with E-state index in [4.69, 9.17) is 0 Å². The molecule has 1 aromatic heterocycles. The third kappa shape index (κ3) is 3.71. The fourth-order valence-electron chi connectivity index (χ4n) is 1.54. The number of hydrogen-bond acceptors (Lipinski definition) is 3. The normalized spacial score (nSPS) is 10.3. The van der Waals surface area contributed by atoms with E-state index in [1.807, 2.05) is 7.05 Å². The van der Waals surface area contributed by atoms with Crippen LogP contribution in [0.2, 0.25) is 0 Å². The van der Waals surface area contributed by atoms with E-state index in [0.717, 1.165) is 13.0 Å². The topological polar surface area (TPSA) is 63.1 Å². The van der Waals surface area contributed by atoms with Gasteiger partial charge in [0.15, 0.2) is 5.78 Å². The maximum absolute atomic E-state index is 11.8. The van der Waals surface area contributed by atoms with Gasteiger partial charge in [-0.15, -0.1) is 0 Å². The van der Waals surface area contributed by atoms with Crippen molar-refractivity contribution in [3.8, 4) is 0 Å². The van der Waals surface area contributed by atoms with Crippen molar-refractivity contribution in [1.82, 2.24) is 15.2 Å². The van der Waals surface area contributed by atoms with Crippen LogP contribution in [0.5, 0.6) is 0 Å². The third-order valence-corrected chi connectivity index (χ3v) is 2.53. The molecule has 1 rings (SSSR count). The average Bonchev–Trinajstić information content (AvgIpc) is 2.67. The second-order valence-corrected chi connectivity index (χ2v) is 3.99. The predicted molar refractivity (Wildman–Crippen MR) is 66.3 cm³/mol. The molecule has 0 saturated carbocycles. The van der Waals surface area contributed by atoms with Gasteiger partial charge in [0.2, 0.25) is 0 Å². The van der Waals surface area contributed by atoms with E-state index in [1.54, 1.807) is 23.9 Å². The van der Waals surface area contributed by atoms with Gasteiger partial charge in [0.1, 0.15) is 5.69 Å². The largest absolute Gasteiger partial charge is 0.351 e. The van der Waals surface area contributed by atoms with E-state index in [2.05, 4.69) is 10.6 Å². The summed E-state index contributed by atoms with van der Waals surface area (Å²) in [4.78, 5) is 23.0. The zero-order valence-corrected chi connectivity index (χ0v) is 10.5. The molecule has 1 aromatic rings. The van der Waals surface area contributed by atoms with Crippen LogP contribution in [-0.2, 0) is 7.05 Å². The summed E-state index contributed by atoms with van der Waals surface area (Å²) in [5, 5.41) is 5.83. The van der Waals surface area contributed by atoms with E-state index in [9.17, 15) is 9.59 Å². The quantitative estimate of drug-likeness (QED) is 0.561. The first-order valence-corrected chi connectivity index (χ1v) is 5.66. The first-order valence-electron chi connectivity index (χ1n) is 5.66. The van der Waals surface area contributed by atoms with Crippen LogP contribution in [0.15, 0.2) is 12.3 Å². The Labute approximate surface area is 101 Å². The maximum atomic E-state index is 11.8. The number of rotatable bonds is 6. The van der Waals surface area contributed by atoms with Crippen LogP contribution in [0.4, 0.5) is 0 Å². The third-order valence-electron chi connectivity index (χ3n) is 2.53. The first-order chi connectivity index (χ1) is 8.06. The number of aryl methyl sites for hydroxylation is 1. The lowest BCUT2D eigenvalue weighted by Gasteiger charge is -2.05. The highest BCUT2D eigenvalue weighted by molar-refractivity contribution is 5.99. The van der Waals surface area contributed by atoms with Crippen LogP contribution >= 0.6 is 0 Å². The molecule has 0 fully saturated rings. The summed E-state index contributed by atoms with van der Waals surface area (Å²) in [6.45, 7) is 2.98. The number of nitrogens with zero attached hydrogens (tertiary/aromatic N) is 1. The van der Waals surface area contributed by atoms with E-state index < -0.39 is 0 Å². The van der Waals surface area contributed by atoms with E-state index in [0.29, 0.717) is 17.8 Å². The molecule has 0 spiro atoms. The molecule has 5 heteroatoms. The van der Waals surface area contributed by atoms with Crippen LogP contribution in [-0.4, -0.2) is 36.4 Å². The summed E-state index contributed by atoms with van der Waals surface area (Å²) in [5.41, 5.74) is 1.08. The van der Waals surface area contributed by atoms with Crippen molar-refractivity contribution < 1.29 is 9.59 Å². The Hall–Kier alpha value is -1.62. The highest BCUT2D eigenvalue weighted by Crippen LogP contribution is 2.07. The fourth-order valence-corrected chi connectivity index (χ4v) is 1.54. The molecular formula is C12H19N3O2. The van der Waals surface area contributed by atoms with Crippen LogP contribution < -0.4 is 10.6 Å². The van der Waals surface area contributed by atoms with Crippen LogP contribution in [0.3, 0.4) is 0 Å². The van der Waals surface area contributed by atoms with Crippen molar-refractivity contribution in [2.75, 3.05) is 20.1 Å². The number of carbonyl (C=O) groups excluding carboxylic acids is 2. The van der Waals surface area contributed by atoms with Gasteiger partial charge in [-0.2, -0.15) is 0 Å². The Morgan fingerprint density at radius 2 is 2.06 bits per heavy atom. The summed E-state index contributed by atoms with van der Waals surface area (Å²) in [6.07, 6.45) is 2.55. The molecule has 0 saturated heterocycles. The molecule has 0 unspecified atom stereocenters. The van der Waals surface area contributed by atoms with E-state index >= 15 is 0 Å². The van der Waals surface area contributed by atoms with Gasteiger partial charge in [-0.05, 0) is 33.0 Å². The summed E-state index contributed by atoms with van der Waals surface area (Å²) < 4.78 is 1.67. The molecule has 0 aliphatic rings. The smallest absolute Gasteiger partial charge is 0.267 e. The summed E-state index contributed by atoms with van der Waals surface area (Å²) in [7, 11) is 3.63. The standard InChI is InChI=1S/C12H19N3O2/c1-9(16)10-7-11(15(3)8-10)12(17)14-6-4-5-13-2/h7-8,13H,4-6H2,1-3H3,(H,14,17). The van der Waals surface area contributed by atoms with Crippen LogP contribution in [0.1, 0.15) is 34.2 Å². The van der Waals surface area contributed by atoms with Gasteiger partial charge in [-0.1, -0.05) is 0 Å². The number of ketones is 1. The number of amides is 1. The number of Topliss-reactive ketones (excluding diaryl/α,β-unsaturated/α-hetero) is 1. The van der Waals surface area contributed by atoms with E-state index in [1.165, 1.54) is 6.92 Å². The number of nitrogens with one attached hydrogen (secondary N) is 2. The number of carbonyl (C=O) groups is 2. The lowest BCUT2D eigenvalue weighted by molar-refractivity contribution is 0.0945. The molecule has 17 heavy (non-hydrogen) atoms. The van der Waals surface area contributed by atoms with Gasteiger partial charge in [-0.3, -0.25) is 9.59 Å². The van der Waals surface area contributed by atoms with Crippen molar-refractivity contribution >= 4 is 11.7 Å². The zero-order valence-electron chi connectivity index (χ0n) is 10.5. The van der Waals surface area contributed by atoms with Gasteiger partial charge < -0.3 is 15.2 Å². The number of hydrogen-bond donors (Lipinski definition) is 2. The SMILES string of the molecule is CNCCCNC(=O)c1cc(C(C)=O)cn1C. The highest BCUT2D eigenvalue weighted by Gasteiger charge is 2.12. The van der Waals surface area contributed by atoms with Crippen molar-refractivity contribution in [1.29, 1.82) is 0 Å². The Morgan fingerprint density at radius 3 is 2.59 bits per heavy atom. The molecule has 0 aliphatic heterocycles. The molecule has 0 radical (unpaired) electrons. The molecule has 0 atom stereocenters. The Kier molecular flexibility index (Phi) is 4.90. The van der Waals surface area contributed by atoms with Crippen molar-refractivity contribution in [3.63, 3.8) is 0 Å². The lowest BCUT2D eigenvalue weighted by atomic mass is 10.2. The second kappa shape index (κ2) is 6.20. The minimum absolute atomic E-state index is 0.0326. The lowest BCUT2D eigenvalue weighted by Crippen LogP contribution is -2.27. The minimum Gasteiger partial charge on any atom is -0.351 e. The second-order valence-electron chi connectivity index (χ2n) is 3.99. The predicted octanol–water partition coefficient (Wildman–Crippen LogP) is 0.567. The molecule has 0 bridgehead atoms. The maximum Gasteiger partial charge on any atom is 0.267 e. The minimum atomic E-state index is -0.142. The Balaban J connectivity index is 2.59. The van der Waals surface area contributed by atoms with Crippen molar-refractivity contribution in [2.45, 2.75) is 13.3 Å². The molecule has 0 aliphatic carbocycles. The molecule has 94 valence electrons. The van der Waals surface area contributed by atoms with Gasteiger partial charge in [0, 0.05) is 25.4 Å². The molecule has 0 aromatic carbocycles. The summed E-state index contributed by atoms with van der Waals surface area (Å²) in [6, 6.07) is 1.62. The van der Waals surface area contributed by atoms with Gasteiger partial charge >= 0.3 is 0 Å². The van der Waals surface area contributed by atoms with E-state index in [-0.39, 0.29) is 11.7 Å². The van der Waals surface area contributed by atoms with Gasteiger partial charge in [0.25, 0.3) is 5.91 Å². The first kappa shape index (κ1) is 13.4. The van der Waals surface area contributed by atoms with Crippen LogP contribution in [0, 0.1) is 0 Å². The molecule has 5 nitrogen and oxygen atoms in total. The molecular weight excluding hydrogens is 218 g/mol. The highest BCUT2D eigenvalue weighted by atomic mass is 16.2. The van der Waals surface area contributed by atoms with Crippen molar-refractivity contribution in [3.05, 3.63) is 23.5 Å². The van der Waals surface area contributed by atoms with Crippen LogP contribution in [0.25, 0.3) is 0 Å². The van der Waals surface area contributed by atoms with Gasteiger partial charge in [-0.25, -0.2) is 0 Å². The zero-order chi connectivity index (χ0) is 12.8. The van der Waals surface area contributed by atoms with Gasteiger partial charge in [0.05, 0.1) is 0 Å². The fraction of sp³-hybridized carbons (Fsp3) is 0.500. The van der Waals surface area contributed by atoms with Crippen molar-refractivity contribution in [2.24, 2.45) is 7.05 Å². The molecule has 1 heterocycles. The average molecular weight is 237 g/mol. The summed E-state index contributed by atoms with van der Waals surface area (Å²) in [5.74, 6) is -0.175. The monoisotopic (exact) mass is 237 g/mol.